The number of nitrogens with zero attached hydrogens (tertiary/aromatic N) is 3. The van der Waals surface area contributed by atoms with Gasteiger partial charge >= 0.3 is 12.2 Å². The Labute approximate surface area is 103 Å². The van der Waals surface area contributed by atoms with E-state index in [1.54, 1.807) is 13.8 Å². The highest BCUT2D eigenvalue weighted by molar-refractivity contribution is 5.26. The normalized spacial score (nSPS) is 12.2. The van der Waals surface area contributed by atoms with Crippen LogP contribution in [0.25, 0.3) is 0 Å². The predicted molar refractivity (Wildman–Crippen MR) is 60.2 cm³/mol. The van der Waals surface area contributed by atoms with Gasteiger partial charge in [0.1, 0.15) is 6.54 Å². The highest BCUT2D eigenvalue weighted by Gasteiger charge is 2.34. The van der Waals surface area contributed by atoms with Gasteiger partial charge in [0.15, 0.2) is 0 Å². The van der Waals surface area contributed by atoms with Gasteiger partial charge in [-0.15, -0.1) is 5.10 Å². The van der Waals surface area contributed by atoms with E-state index in [1.807, 2.05) is 6.92 Å². The lowest BCUT2D eigenvalue weighted by molar-refractivity contribution is -0.121. The van der Waals surface area contributed by atoms with Crippen LogP contribution in [0.3, 0.4) is 0 Å². The van der Waals surface area contributed by atoms with E-state index < -0.39 is 12.7 Å². The maximum Gasteiger partial charge on any atom is 0.406 e. The molecule has 0 aromatic carbocycles. The largest absolute Gasteiger partial charge is 0.407 e. The van der Waals surface area contributed by atoms with Crippen molar-refractivity contribution in [3.05, 3.63) is 5.89 Å². The Morgan fingerprint density at radius 2 is 2.00 bits per heavy atom. The van der Waals surface area contributed by atoms with Gasteiger partial charge in [-0.25, -0.2) is 0 Å². The number of hydrogen-bond donors (Lipinski definition) is 1. The molecule has 8 heteroatoms. The monoisotopic (exact) mass is 266 g/mol. The minimum absolute atomic E-state index is 0.102. The summed E-state index contributed by atoms with van der Waals surface area (Å²) in [5, 5.41) is 10.3. The number of halogens is 3. The highest BCUT2D eigenvalue weighted by atomic mass is 19.4. The minimum atomic E-state index is -4.30. The van der Waals surface area contributed by atoms with Crippen molar-refractivity contribution in [3.8, 4) is 0 Å². The fourth-order valence-electron chi connectivity index (χ4n) is 1.33. The number of anilines is 1. The quantitative estimate of drug-likeness (QED) is 0.853. The number of aromatic nitrogens is 2. The third-order valence-electron chi connectivity index (χ3n) is 2.20. The Hall–Kier alpha value is -1.31. The van der Waals surface area contributed by atoms with Crippen LogP contribution in [-0.4, -0.2) is 35.5 Å². The molecule has 0 spiro atoms. The molecule has 0 saturated heterocycles. The third-order valence-corrected chi connectivity index (χ3v) is 2.20. The molecular formula is C10H17F3N4O. The first-order valence-corrected chi connectivity index (χ1v) is 5.70. The Balaban J connectivity index is 2.76. The molecule has 1 aromatic heterocycles. The summed E-state index contributed by atoms with van der Waals surface area (Å²) >= 11 is 0. The standard InChI is InChI=1S/C10H17F3N4O/c1-4-14-5-8-15-16-9(18-8)17(7(2)3)6-10(11,12)13/h7,14H,4-6H2,1-3H3. The van der Waals surface area contributed by atoms with E-state index >= 15 is 0 Å². The molecule has 0 bridgehead atoms. The topological polar surface area (TPSA) is 54.2 Å². The number of rotatable bonds is 6. The Kier molecular flexibility index (Phi) is 4.94. The van der Waals surface area contributed by atoms with Crippen molar-refractivity contribution in [2.45, 2.75) is 39.5 Å². The molecule has 18 heavy (non-hydrogen) atoms. The van der Waals surface area contributed by atoms with Gasteiger partial charge in [0.25, 0.3) is 0 Å². The van der Waals surface area contributed by atoms with Crippen LogP contribution < -0.4 is 10.2 Å². The lowest BCUT2D eigenvalue weighted by Crippen LogP contribution is -2.39. The minimum Gasteiger partial charge on any atom is -0.407 e. The SMILES string of the molecule is CCNCc1nnc(N(CC(F)(F)F)C(C)C)o1. The van der Waals surface area contributed by atoms with Gasteiger partial charge in [0, 0.05) is 6.04 Å². The van der Waals surface area contributed by atoms with Crippen LogP contribution in [0.15, 0.2) is 4.42 Å². The third kappa shape index (κ3) is 4.52. The molecule has 1 heterocycles. The molecule has 1 rings (SSSR count). The maximum absolute atomic E-state index is 12.4. The van der Waals surface area contributed by atoms with Gasteiger partial charge in [0.2, 0.25) is 5.89 Å². The van der Waals surface area contributed by atoms with E-state index in [4.69, 9.17) is 4.42 Å². The Bertz CT molecular complexity index is 364. The second kappa shape index (κ2) is 6.03. The van der Waals surface area contributed by atoms with Crippen LogP contribution in [0.5, 0.6) is 0 Å². The van der Waals surface area contributed by atoms with E-state index in [0.717, 1.165) is 4.90 Å². The van der Waals surface area contributed by atoms with Gasteiger partial charge < -0.3 is 14.6 Å². The number of nitrogens with one attached hydrogen (secondary N) is 1. The van der Waals surface area contributed by atoms with Gasteiger partial charge in [-0.3, -0.25) is 0 Å². The summed E-state index contributed by atoms with van der Waals surface area (Å²) in [4.78, 5) is 1.03. The van der Waals surface area contributed by atoms with E-state index in [0.29, 0.717) is 13.1 Å². The molecule has 104 valence electrons. The van der Waals surface area contributed by atoms with Crippen molar-refractivity contribution < 1.29 is 17.6 Å². The molecule has 0 atom stereocenters. The molecule has 0 unspecified atom stereocenters. The van der Waals surface area contributed by atoms with Crippen molar-refractivity contribution >= 4 is 6.01 Å². The first kappa shape index (κ1) is 14.7. The van der Waals surface area contributed by atoms with E-state index in [9.17, 15) is 13.2 Å². The van der Waals surface area contributed by atoms with Crippen molar-refractivity contribution in [2.75, 3.05) is 18.0 Å². The van der Waals surface area contributed by atoms with Crippen LogP contribution in [0.2, 0.25) is 0 Å². The summed E-state index contributed by atoms with van der Waals surface area (Å²) in [5.41, 5.74) is 0. The summed E-state index contributed by atoms with van der Waals surface area (Å²) in [5.74, 6) is 0.277. The molecule has 0 radical (unpaired) electrons. The van der Waals surface area contributed by atoms with Gasteiger partial charge in [-0.1, -0.05) is 12.0 Å². The average Bonchev–Trinajstić information content (AvgIpc) is 2.70. The molecule has 1 aromatic rings. The number of alkyl halides is 3. The molecule has 0 amide bonds. The van der Waals surface area contributed by atoms with Crippen LogP contribution in [-0.2, 0) is 6.54 Å². The lowest BCUT2D eigenvalue weighted by atomic mass is 10.3. The molecule has 0 aliphatic carbocycles. The average molecular weight is 266 g/mol. The summed E-state index contributed by atoms with van der Waals surface area (Å²) < 4.78 is 42.4. The van der Waals surface area contributed by atoms with Crippen molar-refractivity contribution in [3.63, 3.8) is 0 Å². The zero-order valence-corrected chi connectivity index (χ0v) is 10.6. The summed E-state index contributed by atoms with van der Waals surface area (Å²) in [6.07, 6.45) is -4.30. The van der Waals surface area contributed by atoms with E-state index in [-0.39, 0.29) is 17.9 Å². The van der Waals surface area contributed by atoms with Crippen LogP contribution in [0, 0.1) is 0 Å². The first-order valence-electron chi connectivity index (χ1n) is 5.70. The fourth-order valence-corrected chi connectivity index (χ4v) is 1.33. The maximum atomic E-state index is 12.4. The second-order valence-electron chi connectivity index (χ2n) is 4.10. The fraction of sp³-hybridized carbons (Fsp3) is 0.800. The molecule has 1 N–H and O–H groups in total. The zero-order chi connectivity index (χ0) is 13.8. The van der Waals surface area contributed by atoms with Crippen LogP contribution >= 0.6 is 0 Å². The van der Waals surface area contributed by atoms with Crippen molar-refractivity contribution in [1.82, 2.24) is 15.5 Å². The molecular weight excluding hydrogens is 249 g/mol. The highest BCUT2D eigenvalue weighted by Crippen LogP contribution is 2.23. The summed E-state index contributed by atoms with van der Waals surface area (Å²) in [6.45, 7) is 5.14. The smallest absolute Gasteiger partial charge is 0.406 e. The zero-order valence-electron chi connectivity index (χ0n) is 10.6. The first-order chi connectivity index (χ1) is 8.33. The molecule has 0 saturated carbocycles. The van der Waals surface area contributed by atoms with Gasteiger partial charge in [-0.2, -0.15) is 13.2 Å². The molecule has 0 fully saturated rings. The molecule has 0 aliphatic heterocycles. The Morgan fingerprint density at radius 3 is 2.50 bits per heavy atom. The van der Waals surface area contributed by atoms with E-state index in [1.165, 1.54) is 0 Å². The van der Waals surface area contributed by atoms with Crippen molar-refractivity contribution in [2.24, 2.45) is 0 Å². The summed E-state index contributed by atoms with van der Waals surface area (Å²) in [6, 6.07) is -0.478. The lowest BCUT2D eigenvalue weighted by Gasteiger charge is -2.25. The number of hydrogen-bond acceptors (Lipinski definition) is 5. The molecule has 0 aliphatic rings. The molecule has 5 nitrogen and oxygen atoms in total. The van der Waals surface area contributed by atoms with Crippen LogP contribution in [0.1, 0.15) is 26.7 Å². The second-order valence-corrected chi connectivity index (χ2v) is 4.10. The summed E-state index contributed by atoms with van der Waals surface area (Å²) in [7, 11) is 0. The Morgan fingerprint density at radius 1 is 1.33 bits per heavy atom. The van der Waals surface area contributed by atoms with Crippen molar-refractivity contribution in [1.29, 1.82) is 0 Å². The van der Waals surface area contributed by atoms with E-state index in [2.05, 4.69) is 15.5 Å². The van der Waals surface area contributed by atoms with Gasteiger partial charge in [-0.05, 0) is 20.4 Å². The van der Waals surface area contributed by atoms with Gasteiger partial charge in [0.05, 0.1) is 6.54 Å². The predicted octanol–water partition coefficient (Wildman–Crippen LogP) is 1.96. The van der Waals surface area contributed by atoms with Crippen LogP contribution in [0.4, 0.5) is 19.2 Å².